The number of allylic oxidation sites excluding steroid dienone is 4. The first-order chi connectivity index (χ1) is 13.0. The van der Waals surface area contributed by atoms with Gasteiger partial charge in [0.25, 0.3) is 0 Å². The second-order valence-electron chi connectivity index (χ2n) is 13.1. The van der Waals surface area contributed by atoms with Crippen LogP contribution in [0, 0.1) is 58.7 Å². The van der Waals surface area contributed by atoms with E-state index >= 15 is 0 Å². The van der Waals surface area contributed by atoms with E-state index in [1.165, 1.54) is 0 Å². The molecule has 0 amide bonds. The Labute approximate surface area is 166 Å². The van der Waals surface area contributed by atoms with Crippen molar-refractivity contribution in [2.45, 2.75) is 85.0 Å². The van der Waals surface area contributed by atoms with Gasteiger partial charge >= 0.3 is 0 Å². The quantitative estimate of drug-likeness (QED) is 0.428. The third-order valence-electron chi connectivity index (χ3n) is 10.4. The number of hydrogen-bond donors (Lipinski definition) is 0. The van der Waals surface area contributed by atoms with Gasteiger partial charge in [0.1, 0.15) is 0 Å². The molecule has 0 saturated heterocycles. The topological polar surface area (TPSA) is 0 Å². The van der Waals surface area contributed by atoms with E-state index in [0.717, 1.165) is 53.3 Å². The monoisotopic (exact) mass is 362 g/mol. The first kappa shape index (κ1) is 16.3. The lowest BCUT2D eigenvalue weighted by atomic mass is 9.61. The average Bonchev–Trinajstić information content (AvgIpc) is 2.77. The fourth-order valence-corrected chi connectivity index (χ4v) is 10.2. The first-order valence-corrected chi connectivity index (χ1v) is 12.4. The summed E-state index contributed by atoms with van der Waals surface area (Å²) in [5, 5.41) is 0. The molecule has 0 aromatic rings. The molecule has 4 unspecified atom stereocenters. The average molecular weight is 363 g/mol. The number of hydrogen-bond acceptors (Lipinski definition) is 0. The molecule has 4 fully saturated rings. The van der Waals surface area contributed by atoms with Gasteiger partial charge in [-0.2, -0.15) is 0 Å². The van der Waals surface area contributed by atoms with Gasteiger partial charge in [0.2, 0.25) is 0 Å². The summed E-state index contributed by atoms with van der Waals surface area (Å²) in [6.45, 7) is 7.76. The minimum atomic E-state index is 0.418. The van der Waals surface area contributed by atoms with Crippen molar-refractivity contribution in [3.8, 4) is 0 Å². The van der Waals surface area contributed by atoms with Gasteiger partial charge in [0, 0.05) is 5.92 Å². The van der Waals surface area contributed by atoms with Crippen LogP contribution in [-0.4, -0.2) is 0 Å². The third-order valence-corrected chi connectivity index (χ3v) is 10.4. The van der Waals surface area contributed by atoms with E-state index in [4.69, 9.17) is 0 Å². The fraction of sp³-hybridized carbons (Fsp3) is 0.852. The Morgan fingerprint density at radius 1 is 0.481 bits per heavy atom. The Hall–Kier alpha value is -0.520. The van der Waals surface area contributed by atoms with Crippen LogP contribution < -0.4 is 0 Å². The molecule has 8 atom stereocenters. The summed E-state index contributed by atoms with van der Waals surface area (Å²) >= 11 is 0. The molecule has 0 heteroatoms. The molecule has 0 N–H and O–H groups in total. The van der Waals surface area contributed by atoms with E-state index in [2.05, 4.69) is 31.9 Å². The van der Waals surface area contributed by atoms with E-state index in [9.17, 15) is 0 Å². The van der Waals surface area contributed by atoms with Gasteiger partial charge in [0.05, 0.1) is 0 Å². The van der Waals surface area contributed by atoms with Crippen LogP contribution in [0.25, 0.3) is 0 Å². The van der Waals surface area contributed by atoms with Gasteiger partial charge < -0.3 is 0 Å². The molecular formula is C27H38. The maximum absolute atomic E-state index is 2.59. The van der Waals surface area contributed by atoms with Crippen LogP contribution in [0.4, 0.5) is 0 Å². The van der Waals surface area contributed by atoms with Gasteiger partial charge in [-0.25, -0.2) is 0 Å². The molecular weight excluding hydrogens is 324 g/mol. The van der Waals surface area contributed by atoms with E-state index in [1.807, 2.05) is 11.1 Å². The standard InChI is InChI=1S/C27H38/c1-27(2,3)26-24-20-10-14-4-15(11-20)7-18(6-14)22(24)23-19-8-16-5-17(9-19)13-21(12-16)25(23)26/h14-21,26H,4-13H2,1-3H3/t14-,15+,16-,17+,18?,19?,20?,21?,26?. The molecule has 0 aliphatic heterocycles. The van der Waals surface area contributed by atoms with Crippen LogP contribution in [0.3, 0.4) is 0 Å². The molecule has 0 radical (unpaired) electrons. The molecule has 9 aliphatic rings. The first-order valence-electron chi connectivity index (χ1n) is 12.4. The van der Waals surface area contributed by atoms with Crippen molar-refractivity contribution in [2.24, 2.45) is 58.7 Å². The second kappa shape index (κ2) is 5.14. The minimum Gasteiger partial charge on any atom is -0.0593 e. The molecule has 4 saturated carbocycles. The summed E-state index contributed by atoms with van der Waals surface area (Å²) in [6, 6.07) is 0. The van der Waals surface area contributed by atoms with Crippen molar-refractivity contribution in [3.05, 3.63) is 22.3 Å². The third kappa shape index (κ3) is 2.12. The Morgan fingerprint density at radius 3 is 1.15 bits per heavy atom. The molecule has 146 valence electrons. The van der Waals surface area contributed by atoms with Crippen molar-refractivity contribution in [3.63, 3.8) is 0 Å². The summed E-state index contributed by atoms with van der Waals surface area (Å²) in [4.78, 5) is 0. The van der Waals surface area contributed by atoms with Gasteiger partial charge in [-0.05, 0) is 128 Å². The second-order valence-corrected chi connectivity index (χ2v) is 13.1. The SMILES string of the molecule is CC(C)(C)C1C2=C(C3=C1C1C[C@H]4CC3C[C@@H](C1)C4)C1C[C@@H]3CC2C[C@H](C1)C3. The van der Waals surface area contributed by atoms with E-state index < -0.39 is 0 Å². The highest BCUT2D eigenvalue weighted by molar-refractivity contribution is 5.57. The highest BCUT2D eigenvalue weighted by Gasteiger charge is 2.56. The zero-order valence-corrected chi connectivity index (χ0v) is 17.8. The van der Waals surface area contributed by atoms with Gasteiger partial charge in [-0.1, -0.05) is 31.9 Å². The Bertz CT molecular complexity index is 671. The zero-order valence-electron chi connectivity index (χ0n) is 17.8. The van der Waals surface area contributed by atoms with E-state index in [0.29, 0.717) is 5.41 Å². The Morgan fingerprint density at radius 2 is 0.815 bits per heavy atom. The molecule has 0 spiro atoms. The van der Waals surface area contributed by atoms with E-state index in [1.54, 1.807) is 64.2 Å². The molecule has 0 heterocycles. The molecule has 9 aliphatic carbocycles. The predicted octanol–water partition coefficient (Wildman–Crippen LogP) is 7.17. The molecule has 27 heavy (non-hydrogen) atoms. The maximum atomic E-state index is 2.59. The van der Waals surface area contributed by atoms with Crippen LogP contribution in [0.2, 0.25) is 0 Å². The smallest absolute Gasteiger partial charge is 0.00731 e. The van der Waals surface area contributed by atoms with Crippen molar-refractivity contribution >= 4 is 0 Å². The van der Waals surface area contributed by atoms with Gasteiger partial charge in [0.15, 0.2) is 0 Å². The normalized spacial score (nSPS) is 52.3. The minimum absolute atomic E-state index is 0.418. The molecule has 0 aromatic carbocycles. The molecule has 8 bridgehead atoms. The lowest BCUT2D eigenvalue weighted by molar-refractivity contribution is 0.127. The van der Waals surface area contributed by atoms with Crippen LogP contribution in [0.1, 0.15) is 85.0 Å². The van der Waals surface area contributed by atoms with Crippen LogP contribution in [-0.2, 0) is 0 Å². The zero-order chi connectivity index (χ0) is 18.1. The van der Waals surface area contributed by atoms with Gasteiger partial charge in [-0.15, -0.1) is 0 Å². The van der Waals surface area contributed by atoms with Crippen molar-refractivity contribution in [1.29, 1.82) is 0 Å². The Kier molecular flexibility index (Phi) is 3.11. The van der Waals surface area contributed by atoms with E-state index in [-0.39, 0.29) is 0 Å². The Balaban J connectivity index is 1.46. The molecule has 9 rings (SSSR count). The predicted molar refractivity (Wildman–Crippen MR) is 111 cm³/mol. The summed E-state index contributed by atoms with van der Waals surface area (Å²) in [6.07, 6.45) is 15.6. The molecule has 0 aromatic heterocycles. The van der Waals surface area contributed by atoms with Crippen LogP contribution in [0.5, 0.6) is 0 Å². The van der Waals surface area contributed by atoms with Crippen LogP contribution in [0.15, 0.2) is 22.3 Å². The van der Waals surface area contributed by atoms with Crippen molar-refractivity contribution in [1.82, 2.24) is 0 Å². The summed E-state index contributed by atoms with van der Waals surface area (Å²) in [7, 11) is 0. The lowest BCUT2D eigenvalue weighted by Gasteiger charge is -2.44. The van der Waals surface area contributed by atoms with Gasteiger partial charge in [-0.3, -0.25) is 0 Å². The summed E-state index contributed by atoms with van der Waals surface area (Å²) in [5.74, 6) is 8.94. The summed E-state index contributed by atoms with van der Waals surface area (Å²) in [5.41, 5.74) is 8.60. The highest BCUT2D eigenvalue weighted by Crippen LogP contribution is 2.68. The van der Waals surface area contributed by atoms with Crippen molar-refractivity contribution < 1.29 is 0 Å². The number of rotatable bonds is 0. The van der Waals surface area contributed by atoms with Crippen molar-refractivity contribution in [2.75, 3.05) is 0 Å². The lowest BCUT2D eigenvalue weighted by Crippen LogP contribution is -2.34. The highest BCUT2D eigenvalue weighted by atomic mass is 14.6. The molecule has 0 nitrogen and oxygen atoms in total. The fourth-order valence-electron chi connectivity index (χ4n) is 10.2. The maximum Gasteiger partial charge on any atom is 0.00731 e. The van der Waals surface area contributed by atoms with Crippen LogP contribution >= 0.6 is 0 Å². The largest absolute Gasteiger partial charge is 0.0593 e. The summed E-state index contributed by atoms with van der Waals surface area (Å²) < 4.78 is 0.